The Hall–Kier alpha value is -0.830. The topological polar surface area (TPSA) is 29.9 Å². The molecule has 0 spiro atoms. The molecule has 1 aromatic rings. The van der Waals surface area contributed by atoms with E-state index in [1.54, 1.807) is 0 Å². The first-order chi connectivity index (χ1) is 7.66. The highest BCUT2D eigenvalue weighted by Gasteiger charge is 2.22. The number of nitrogens with zero attached hydrogens (tertiary/aromatic N) is 2. The summed E-state index contributed by atoms with van der Waals surface area (Å²) in [5.74, 6) is 0.833. The Morgan fingerprint density at radius 1 is 1.50 bits per heavy atom. The van der Waals surface area contributed by atoms with Crippen LogP contribution in [0.2, 0.25) is 0 Å². The molecule has 1 fully saturated rings. The van der Waals surface area contributed by atoms with Crippen molar-refractivity contribution >= 4 is 0 Å². The molecule has 0 saturated heterocycles. The van der Waals surface area contributed by atoms with Crippen molar-refractivity contribution < 1.29 is 0 Å². The van der Waals surface area contributed by atoms with Gasteiger partial charge in [-0.3, -0.25) is 4.68 Å². The minimum absolute atomic E-state index is 0.458. The third-order valence-electron chi connectivity index (χ3n) is 3.61. The summed E-state index contributed by atoms with van der Waals surface area (Å²) in [5.41, 5.74) is 1.30. The Morgan fingerprint density at radius 2 is 2.31 bits per heavy atom. The van der Waals surface area contributed by atoms with Crippen LogP contribution in [0.15, 0.2) is 12.4 Å². The van der Waals surface area contributed by atoms with Crippen LogP contribution in [-0.4, -0.2) is 15.8 Å². The molecule has 3 nitrogen and oxygen atoms in total. The molecule has 1 saturated carbocycles. The van der Waals surface area contributed by atoms with Crippen LogP contribution in [0.3, 0.4) is 0 Å². The third kappa shape index (κ3) is 2.64. The molecule has 0 aliphatic heterocycles. The number of hydrogen-bond acceptors (Lipinski definition) is 2. The van der Waals surface area contributed by atoms with Gasteiger partial charge in [-0.05, 0) is 32.6 Å². The molecule has 2 rings (SSSR count). The van der Waals surface area contributed by atoms with E-state index in [1.807, 2.05) is 10.9 Å². The second kappa shape index (κ2) is 5.00. The zero-order valence-corrected chi connectivity index (χ0v) is 10.6. The summed E-state index contributed by atoms with van der Waals surface area (Å²) in [6.07, 6.45) is 8.22. The molecule has 0 radical (unpaired) electrons. The summed E-state index contributed by atoms with van der Waals surface area (Å²) in [6, 6.07) is 1.17. The maximum atomic E-state index is 4.36. The largest absolute Gasteiger partial charge is 0.310 e. The van der Waals surface area contributed by atoms with Crippen molar-refractivity contribution in [2.75, 3.05) is 0 Å². The number of hydrogen-bond donors (Lipinski definition) is 1. The van der Waals surface area contributed by atoms with Crippen molar-refractivity contribution in [1.82, 2.24) is 15.1 Å². The van der Waals surface area contributed by atoms with Crippen LogP contribution < -0.4 is 5.32 Å². The van der Waals surface area contributed by atoms with Crippen LogP contribution in [0.4, 0.5) is 0 Å². The predicted molar refractivity (Wildman–Crippen MR) is 66.3 cm³/mol. The monoisotopic (exact) mass is 221 g/mol. The van der Waals surface area contributed by atoms with Gasteiger partial charge < -0.3 is 5.32 Å². The lowest BCUT2D eigenvalue weighted by molar-refractivity contribution is 0.426. The van der Waals surface area contributed by atoms with Gasteiger partial charge in [0.1, 0.15) is 0 Å². The summed E-state index contributed by atoms with van der Waals surface area (Å²) in [5, 5.41) is 8.00. The quantitative estimate of drug-likeness (QED) is 0.847. The van der Waals surface area contributed by atoms with E-state index in [4.69, 9.17) is 0 Å². The van der Waals surface area contributed by atoms with Crippen LogP contribution in [0.25, 0.3) is 0 Å². The Kier molecular flexibility index (Phi) is 3.64. The van der Waals surface area contributed by atoms with Gasteiger partial charge in [0.25, 0.3) is 0 Å². The van der Waals surface area contributed by atoms with Crippen molar-refractivity contribution in [3.8, 4) is 0 Å². The van der Waals surface area contributed by atoms with Gasteiger partial charge in [-0.2, -0.15) is 5.10 Å². The Balaban J connectivity index is 1.84. The van der Waals surface area contributed by atoms with Gasteiger partial charge in [-0.15, -0.1) is 0 Å². The van der Waals surface area contributed by atoms with Crippen molar-refractivity contribution in [3.05, 3.63) is 18.0 Å². The molecule has 1 aromatic heterocycles. The minimum atomic E-state index is 0.458. The average molecular weight is 221 g/mol. The van der Waals surface area contributed by atoms with E-state index in [-0.39, 0.29) is 0 Å². The number of nitrogens with one attached hydrogen (secondary N) is 1. The predicted octanol–water partition coefficient (Wildman–Crippen LogP) is 2.74. The molecule has 2 unspecified atom stereocenters. The maximum absolute atomic E-state index is 4.36. The summed E-state index contributed by atoms with van der Waals surface area (Å²) in [7, 11) is 0. The molecule has 16 heavy (non-hydrogen) atoms. The molecule has 0 bridgehead atoms. The fraction of sp³-hybridized carbons (Fsp3) is 0.769. The van der Waals surface area contributed by atoms with Crippen LogP contribution >= 0.6 is 0 Å². The minimum Gasteiger partial charge on any atom is -0.310 e. The standard InChI is InChI=1S/C13H23N3/c1-10(2)16-9-12(8-15-16)7-14-13-6-4-5-11(13)3/h8-11,13-14H,4-7H2,1-3H3. The SMILES string of the molecule is CC1CCCC1NCc1cnn(C(C)C)c1. The van der Waals surface area contributed by atoms with Gasteiger partial charge in [0.05, 0.1) is 6.20 Å². The second-order valence-corrected chi connectivity index (χ2v) is 5.32. The Bertz CT molecular complexity index is 330. The molecule has 1 aliphatic rings. The first kappa shape index (κ1) is 11.6. The van der Waals surface area contributed by atoms with Gasteiger partial charge >= 0.3 is 0 Å². The van der Waals surface area contributed by atoms with E-state index in [1.165, 1.54) is 24.8 Å². The van der Waals surface area contributed by atoms with Crippen LogP contribution in [0, 0.1) is 5.92 Å². The van der Waals surface area contributed by atoms with E-state index >= 15 is 0 Å². The summed E-state index contributed by atoms with van der Waals surface area (Å²) < 4.78 is 2.02. The molecule has 0 aromatic carbocycles. The molecule has 1 N–H and O–H groups in total. The zero-order chi connectivity index (χ0) is 11.5. The second-order valence-electron chi connectivity index (χ2n) is 5.32. The zero-order valence-electron chi connectivity index (χ0n) is 10.6. The molecule has 0 amide bonds. The van der Waals surface area contributed by atoms with E-state index in [0.717, 1.165) is 12.5 Å². The lowest BCUT2D eigenvalue weighted by Crippen LogP contribution is -2.30. The molecule has 1 heterocycles. The van der Waals surface area contributed by atoms with Crippen molar-refractivity contribution in [1.29, 1.82) is 0 Å². The smallest absolute Gasteiger partial charge is 0.0534 e. The summed E-state index contributed by atoms with van der Waals surface area (Å²) in [4.78, 5) is 0. The maximum Gasteiger partial charge on any atom is 0.0534 e. The van der Waals surface area contributed by atoms with Crippen molar-refractivity contribution in [3.63, 3.8) is 0 Å². The molecule has 3 heteroatoms. The summed E-state index contributed by atoms with van der Waals surface area (Å²) in [6.45, 7) is 7.62. The highest BCUT2D eigenvalue weighted by atomic mass is 15.3. The van der Waals surface area contributed by atoms with E-state index < -0.39 is 0 Å². The van der Waals surface area contributed by atoms with E-state index in [9.17, 15) is 0 Å². The van der Waals surface area contributed by atoms with Crippen LogP contribution in [0.5, 0.6) is 0 Å². The van der Waals surface area contributed by atoms with Crippen molar-refractivity contribution in [2.45, 2.75) is 58.7 Å². The first-order valence-corrected chi connectivity index (χ1v) is 6.43. The third-order valence-corrected chi connectivity index (χ3v) is 3.61. The molecule has 1 aliphatic carbocycles. The Labute approximate surface area is 98.2 Å². The first-order valence-electron chi connectivity index (χ1n) is 6.43. The molecule has 2 atom stereocenters. The lowest BCUT2D eigenvalue weighted by Gasteiger charge is -2.16. The number of rotatable bonds is 4. The highest BCUT2D eigenvalue weighted by molar-refractivity contribution is 5.04. The van der Waals surface area contributed by atoms with Crippen LogP contribution in [-0.2, 0) is 6.54 Å². The average Bonchev–Trinajstić information content (AvgIpc) is 2.83. The van der Waals surface area contributed by atoms with Crippen molar-refractivity contribution in [2.24, 2.45) is 5.92 Å². The number of aromatic nitrogens is 2. The fourth-order valence-electron chi connectivity index (χ4n) is 2.45. The van der Waals surface area contributed by atoms with Gasteiger partial charge in [-0.1, -0.05) is 13.3 Å². The highest BCUT2D eigenvalue weighted by Crippen LogP contribution is 2.24. The van der Waals surface area contributed by atoms with Gasteiger partial charge in [-0.25, -0.2) is 0 Å². The molecular weight excluding hydrogens is 198 g/mol. The Morgan fingerprint density at radius 3 is 2.88 bits per heavy atom. The van der Waals surface area contributed by atoms with Crippen LogP contribution in [0.1, 0.15) is 51.6 Å². The van der Waals surface area contributed by atoms with E-state index in [2.05, 4.69) is 37.4 Å². The fourth-order valence-corrected chi connectivity index (χ4v) is 2.45. The van der Waals surface area contributed by atoms with Gasteiger partial charge in [0, 0.05) is 30.4 Å². The summed E-state index contributed by atoms with van der Waals surface area (Å²) >= 11 is 0. The molecular formula is C13H23N3. The van der Waals surface area contributed by atoms with Gasteiger partial charge in [0.15, 0.2) is 0 Å². The van der Waals surface area contributed by atoms with E-state index in [0.29, 0.717) is 12.1 Å². The van der Waals surface area contributed by atoms with Gasteiger partial charge in [0.2, 0.25) is 0 Å². The normalized spacial score (nSPS) is 25.5. The molecule has 90 valence electrons. The lowest BCUT2D eigenvalue weighted by atomic mass is 10.1.